The number of aliphatic hydroxyl groups is 1. The van der Waals surface area contributed by atoms with Crippen LogP contribution in [-0.4, -0.2) is 41.7 Å². The zero-order chi connectivity index (χ0) is 15.2. The molecular weight excluding hydrogens is 278 g/mol. The number of rotatable bonds is 7. The van der Waals surface area contributed by atoms with Gasteiger partial charge in [0.25, 0.3) is 0 Å². The van der Waals surface area contributed by atoms with Gasteiger partial charge in [-0.3, -0.25) is 9.69 Å². The standard InChI is InChI=1S/C15H20F2N2O2/c16-13-6-5-11(9-14(13)17)18-15(21)10-19(7-2-8-20)12-3-1-4-12/h5-6,9,12,20H,1-4,7-8,10H2,(H,18,21). The quantitative estimate of drug-likeness (QED) is 0.811. The van der Waals surface area contributed by atoms with Gasteiger partial charge in [-0.25, -0.2) is 8.78 Å². The van der Waals surface area contributed by atoms with E-state index in [2.05, 4.69) is 5.32 Å². The summed E-state index contributed by atoms with van der Waals surface area (Å²) in [7, 11) is 0. The van der Waals surface area contributed by atoms with Crippen LogP contribution in [0, 0.1) is 11.6 Å². The van der Waals surface area contributed by atoms with Crippen molar-refractivity contribution >= 4 is 11.6 Å². The number of hydrogen-bond acceptors (Lipinski definition) is 3. The van der Waals surface area contributed by atoms with E-state index < -0.39 is 11.6 Å². The van der Waals surface area contributed by atoms with Crippen LogP contribution in [0.15, 0.2) is 18.2 Å². The van der Waals surface area contributed by atoms with E-state index in [1.165, 1.54) is 6.07 Å². The summed E-state index contributed by atoms with van der Waals surface area (Å²) >= 11 is 0. The molecule has 0 aliphatic heterocycles. The first-order valence-corrected chi connectivity index (χ1v) is 7.20. The third-order valence-electron chi connectivity index (χ3n) is 3.74. The van der Waals surface area contributed by atoms with E-state index in [1.54, 1.807) is 0 Å². The van der Waals surface area contributed by atoms with Gasteiger partial charge in [-0.05, 0) is 31.4 Å². The number of amides is 1. The molecule has 2 rings (SSSR count). The second kappa shape index (κ2) is 7.47. The van der Waals surface area contributed by atoms with Crippen molar-refractivity contribution in [1.82, 2.24) is 4.90 Å². The van der Waals surface area contributed by atoms with E-state index in [1.807, 2.05) is 4.90 Å². The lowest BCUT2D eigenvalue weighted by Gasteiger charge is -2.37. The Bertz CT molecular complexity index is 493. The van der Waals surface area contributed by atoms with Crippen molar-refractivity contribution in [3.8, 4) is 0 Å². The Kier molecular flexibility index (Phi) is 5.64. The Morgan fingerprint density at radius 2 is 2.10 bits per heavy atom. The van der Waals surface area contributed by atoms with Crippen LogP contribution in [0.3, 0.4) is 0 Å². The molecule has 116 valence electrons. The number of anilines is 1. The van der Waals surface area contributed by atoms with Crippen molar-refractivity contribution in [1.29, 1.82) is 0 Å². The summed E-state index contributed by atoms with van der Waals surface area (Å²) < 4.78 is 25.9. The maximum absolute atomic E-state index is 13.1. The highest BCUT2D eigenvalue weighted by atomic mass is 19.2. The molecule has 1 aromatic carbocycles. The van der Waals surface area contributed by atoms with Crippen LogP contribution in [0.2, 0.25) is 0 Å². The van der Waals surface area contributed by atoms with Gasteiger partial charge in [0, 0.05) is 30.9 Å². The monoisotopic (exact) mass is 298 g/mol. The average Bonchev–Trinajstić information content (AvgIpc) is 2.38. The van der Waals surface area contributed by atoms with Crippen LogP contribution in [0.25, 0.3) is 0 Å². The van der Waals surface area contributed by atoms with Gasteiger partial charge in [0.05, 0.1) is 6.54 Å². The highest BCUT2D eigenvalue weighted by Gasteiger charge is 2.26. The Morgan fingerprint density at radius 1 is 1.33 bits per heavy atom. The normalized spacial score (nSPS) is 15.0. The first-order chi connectivity index (χ1) is 10.1. The first-order valence-electron chi connectivity index (χ1n) is 7.20. The Hall–Kier alpha value is -1.53. The summed E-state index contributed by atoms with van der Waals surface area (Å²) in [5, 5.41) is 11.5. The average molecular weight is 298 g/mol. The molecule has 0 unspecified atom stereocenters. The Labute approximate surface area is 122 Å². The SMILES string of the molecule is O=C(CN(CCCO)C1CCC1)Nc1ccc(F)c(F)c1. The molecule has 0 spiro atoms. The number of nitrogens with one attached hydrogen (secondary N) is 1. The highest BCUT2D eigenvalue weighted by molar-refractivity contribution is 5.92. The minimum atomic E-state index is -0.982. The molecule has 1 aromatic rings. The largest absolute Gasteiger partial charge is 0.396 e. The Morgan fingerprint density at radius 3 is 2.67 bits per heavy atom. The minimum Gasteiger partial charge on any atom is -0.396 e. The summed E-state index contributed by atoms with van der Waals surface area (Å²) in [4.78, 5) is 14.0. The maximum atomic E-state index is 13.1. The van der Waals surface area contributed by atoms with Gasteiger partial charge in [0.1, 0.15) is 0 Å². The summed E-state index contributed by atoms with van der Waals surface area (Å²) in [5.74, 6) is -2.18. The molecule has 4 nitrogen and oxygen atoms in total. The van der Waals surface area contributed by atoms with Gasteiger partial charge in [-0.15, -0.1) is 0 Å². The zero-order valence-corrected chi connectivity index (χ0v) is 11.8. The molecule has 0 aromatic heterocycles. The molecular formula is C15H20F2N2O2. The molecule has 0 radical (unpaired) electrons. The third kappa shape index (κ3) is 4.47. The third-order valence-corrected chi connectivity index (χ3v) is 3.74. The zero-order valence-electron chi connectivity index (χ0n) is 11.8. The molecule has 0 heterocycles. The summed E-state index contributed by atoms with van der Waals surface area (Å²) in [5.41, 5.74) is 0.245. The fraction of sp³-hybridized carbons (Fsp3) is 0.533. The van der Waals surface area contributed by atoms with Gasteiger partial charge in [-0.2, -0.15) is 0 Å². The van der Waals surface area contributed by atoms with Crippen molar-refractivity contribution in [3.05, 3.63) is 29.8 Å². The van der Waals surface area contributed by atoms with Crippen LogP contribution in [0.4, 0.5) is 14.5 Å². The number of aliphatic hydroxyl groups excluding tert-OH is 1. The predicted octanol–water partition coefficient (Wildman–Crippen LogP) is 2.14. The van der Waals surface area contributed by atoms with Crippen molar-refractivity contribution in [3.63, 3.8) is 0 Å². The lowest BCUT2D eigenvalue weighted by Crippen LogP contribution is -2.45. The molecule has 1 saturated carbocycles. The lowest BCUT2D eigenvalue weighted by atomic mass is 9.91. The molecule has 2 N–H and O–H groups in total. The number of carbonyl (C=O) groups is 1. The van der Waals surface area contributed by atoms with Crippen molar-refractivity contribution in [2.75, 3.05) is 25.0 Å². The second-order valence-electron chi connectivity index (χ2n) is 5.31. The van der Waals surface area contributed by atoms with Crippen LogP contribution in [-0.2, 0) is 4.79 Å². The van der Waals surface area contributed by atoms with E-state index in [0.29, 0.717) is 19.0 Å². The molecule has 0 saturated heterocycles. The van der Waals surface area contributed by atoms with E-state index in [9.17, 15) is 13.6 Å². The van der Waals surface area contributed by atoms with E-state index >= 15 is 0 Å². The number of nitrogens with zero attached hydrogens (tertiary/aromatic N) is 1. The van der Waals surface area contributed by atoms with Gasteiger partial charge in [-0.1, -0.05) is 6.42 Å². The number of carbonyl (C=O) groups excluding carboxylic acids is 1. The van der Waals surface area contributed by atoms with Crippen LogP contribution in [0.5, 0.6) is 0 Å². The van der Waals surface area contributed by atoms with Gasteiger partial charge in [0.15, 0.2) is 11.6 Å². The molecule has 0 bridgehead atoms. The predicted molar refractivity (Wildman–Crippen MR) is 75.9 cm³/mol. The number of halogens is 2. The lowest BCUT2D eigenvalue weighted by molar-refractivity contribution is -0.118. The van der Waals surface area contributed by atoms with Gasteiger partial charge in [0.2, 0.25) is 5.91 Å². The minimum absolute atomic E-state index is 0.0913. The van der Waals surface area contributed by atoms with Crippen molar-refractivity contribution in [2.45, 2.75) is 31.7 Å². The van der Waals surface area contributed by atoms with Crippen LogP contribution >= 0.6 is 0 Å². The van der Waals surface area contributed by atoms with Gasteiger partial charge < -0.3 is 10.4 Å². The molecule has 1 aliphatic rings. The molecule has 1 fully saturated rings. The fourth-order valence-electron chi connectivity index (χ4n) is 2.38. The number of hydrogen-bond donors (Lipinski definition) is 2. The van der Waals surface area contributed by atoms with E-state index in [0.717, 1.165) is 31.4 Å². The van der Waals surface area contributed by atoms with Crippen LogP contribution in [0.1, 0.15) is 25.7 Å². The summed E-state index contributed by atoms with van der Waals surface area (Å²) in [6, 6.07) is 3.67. The van der Waals surface area contributed by atoms with Gasteiger partial charge >= 0.3 is 0 Å². The molecule has 1 amide bonds. The molecule has 0 atom stereocenters. The van der Waals surface area contributed by atoms with Crippen molar-refractivity contribution in [2.24, 2.45) is 0 Å². The second-order valence-corrected chi connectivity index (χ2v) is 5.31. The highest BCUT2D eigenvalue weighted by Crippen LogP contribution is 2.24. The summed E-state index contributed by atoms with van der Waals surface area (Å²) in [6.45, 7) is 0.948. The van der Waals surface area contributed by atoms with E-state index in [4.69, 9.17) is 5.11 Å². The smallest absolute Gasteiger partial charge is 0.238 e. The molecule has 21 heavy (non-hydrogen) atoms. The topological polar surface area (TPSA) is 52.6 Å². The molecule has 6 heteroatoms. The Balaban J connectivity index is 1.90. The van der Waals surface area contributed by atoms with E-state index in [-0.39, 0.29) is 24.7 Å². The fourth-order valence-corrected chi connectivity index (χ4v) is 2.38. The molecule has 1 aliphatic carbocycles. The first kappa shape index (κ1) is 15.9. The number of benzene rings is 1. The maximum Gasteiger partial charge on any atom is 0.238 e. The van der Waals surface area contributed by atoms with Crippen molar-refractivity contribution < 1.29 is 18.7 Å². The van der Waals surface area contributed by atoms with Crippen LogP contribution < -0.4 is 5.32 Å². The summed E-state index contributed by atoms with van der Waals surface area (Å²) in [6.07, 6.45) is 3.90.